The zero-order valence-electron chi connectivity index (χ0n) is 22.6. The summed E-state index contributed by atoms with van der Waals surface area (Å²) in [4.78, 5) is 0. The molecule has 4 rings (SSSR count). The molecule has 4 saturated carbocycles. The molecule has 4 fully saturated rings. The molecule has 10 atom stereocenters. The van der Waals surface area contributed by atoms with E-state index in [0.717, 1.165) is 42.8 Å². The second-order valence-electron chi connectivity index (χ2n) is 12.9. The van der Waals surface area contributed by atoms with Crippen LogP contribution in [0.3, 0.4) is 0 Å². The molecule has 0 radical (unpaired) electrons. The van der Waals surface area contributed by atoms with Crippen LogP contribution in [0.25, 0.3) is 0 Å². The van der Waals surface area contributed by atoms with E-state index in [9.17, 15) is 0 Å². The fourth-order valence-corrected chi connectivity index (χ4v) is 9.38. The number of hydrogen-bond acceptors (Lipinski definition) is 2. The second kappa shape index (κ2) is 10.7. The van der Waals surface area contributed by atoms with E-state index in [1.165, 1.54) is 77.0 Å². The predicted octanol–water partition coefficient (Wildman–Crippen LogP) is 8.45. The predicted molar refractivity (Wildman–Crippen MR) is 139 cm³/mol. The van der Waals surface area contributed by atoms with Crippen molar-refractivity contribution in [2.75, 3.05) is 13.2 Å². The third-order valence-corrected chi connectivity index (χ3v) is 11.4. The summed E-state index contributed by atoms with van der Waals surface area (Å²) in [5.41, 5.74) is 0.815. The van der Waals surface area contributed by atoms with E-state index >= 15 is 0 Å². The van der Waals surface area contributed by atoms with E-state index in [0.29, 0.717) is 29.0 Å². The quantitative estimate of drug-likeness (QED) is 0.241. The normalized spacial score (nSPS) is 45.7. The smallest absolute Gasteiger partial charge is 0.0637 e. The summed E-state index contributed by atoms with van der Waals surface area (Å²) in [7, 11) is 0. The van der Waals surface area contributed by atoms with Gasteiger partial charge in [0.05, 0.1) is 12.2 Å². The van der Waals surface area contributed by atoms with Crippen molar-refractivity contribution in [3.05, 3.63) is 12.7 Å². The van der Waals surface area contributed by atoms with Gasteiger partial charge < -0.3 is 9.47 Å². The number of rotatable bonds is 10. The van der Waals surface area contributed by atoms with Crippen LogP contribution in [-0.4, -0.2) is 25.4 Å². The fourth-order valence-electron chi connectivity index (χ4n) is 9.38. The molecule has 0 bridgehead atoms. The molecule has 0 N–H and O–H groups in total. The van der Waals surface area contributed by atoms with Gasteiger partial charge in [0.2, 0.25) is 0 Å². The summed E-state index contributed by atoms with van der Waals surface area (Å²) in [5.74, 6) is 4.77. The highest BCUT2D eigenvalue weighted by molar-refractivity contribution is 5.14. The van der Waals surface area contributed by atoms with Crippen LogP contribution in [0.4, 0.5) is 0 Å². The van der Waals surface area contributed by atoms with Gasteiger partial charge in [-0.3, -0.25) is 0 Å². The van der Waals surface area contributed by atoms with Gasteiger partial charge in [-0.2, -0.15) is 0 Å². The van der Waals surface area contributed by atoms with Crippen LogP contribution in [0.15, 0.2) is 12.7 Å². The van der Waals surface area contributed by atoms with Gasteiger partial charge in [0, 0.05) is 18.6 Å². The van der Waals surface area contributed by atoms with Crippen molar-refractivity contribution in [3.63, 3.8) is 0 Å². The number of ether oxygens (including phenoxy) is 2. The summed E-state index contributed by atoms with van der Waals surface area (Å²) in [6, 6.07) is 0. The first-order valence-electron chi connectivity index (χ1n) is 14.8. The number of unbranched alkanes of at least 4 members (excludes halogenated alkanes) is 2. The van der Waals surface area contributed by atoms with Crippen LogP contribution in [0, 0.1) is 46.3 Å². The Bertz CT molecular complexity index is 645. The Morgan fingerprint density at radius 2 is 1.64 bits per heavy atom. The van der Waals surface area contributed by atoms with Crippen LogP contribution >= 0.6 is 0 Å². The molecule has 2 heteroatoms. The first kappa shape index (κ1) is 25.7. The number of fused-ring (bicyclic) bond motifs is 5. The van der Waals surface area contributed by atoms with Crippen molar-refractivity contribution in [3.8, 4) is 0 Å². The van der Waals surface area contributed by atoms with Gasteiger partial charge in [0.25, 0.3) is 0 Å². The monoisotopic (exact) mass is 458 g/mol. The summed E-state index contributed by atoms with van der Waals surface area (Å²) in [5, 5.41) is 0. The Balaban J connectivity index is 1.55. The minimum atomic E-state index is 0.326. The highest BCUT2D eigenvalue weighted by atomic mass is 16.5. The third kappa shape index (κ3) is 4.62. The lowest BCUT2D eigenvalue weighted by molar-refractivity contribution is -0.191. The van der Waals surface area contributed by atoms with Gasteiger partial charge in [-0.05, 0) is 105 Å². The van der Waals surface area contributed by atoms with Gasteiger partial charge >= 0.3 is 0 Å². The Kier molecular flexibility index (Phi) is 8.37. The molecule has 0 amide bonds. The molecule has 0 aromatic heterocycles. The van der Waals surface area contributed by atoms with Crippen molar-refractivity contribution in [1.82, 2.24) is 0 Å². The lowest BCUT2D eigenvalue weighted by Gasteiger charge is -2.63. The Labute approximate surface area is 205 Å². The molecule has 4 aliphatic carbocycles. The first-order valence-corrected chi connectivity index (χ1v) is 14.8. The van der Waals surface area contributed by atoms with Gasteiger partial charge in [0.15, 0.2) is 0 Å². The summed E-state index contributed by atoms with van der Waals surface area (Å²) in [6.45, 7) is 18.4. The molecule has 0 unspecified atom stereocenters. The van der Waals surface area contributed by atoms with Gasteiger partial charge in [0.1, 0.15) is 0 Å². The van der Waals surface area contributed by atoms with Crippen LogP contribution in [-0.2, 0) is 9.47 Å². The largest absolute Gasteiger partial charge is 0.378 e. The maximum absolute atomic E-state index is 6.87. The maximum Gasteiger partial charge on any atom is 0.0637 e. The molecule has 0 aromatic carbocycles. The molecule has 2 nitrogen and oxygen atoms in total. The van der Waals surface area contributed by atoms with E-state index in [4.69, 9.17) is 9.47 Å². The number of hydrogen-bond donors (Lipinski definition) is 0. The average Bonchev–Trinajstić information content (AvgIpc) is 3.17. The van der Waals surface area contributed by atoms with Crippen LogP contribution < -0.4 is 0 Å². The van der Waals surface area contributed by atoms with Gasteiger partial charge in [-0.25, -0.2) is 0 Å². The molecule has 0 heterocycles. The molecule has 0 aromatic rings. The summed E-state index contributed by atoms with van der Waals surface area (Å²) >= 11 is 0. The Hall–Kier alpha value is -0.340. The molecule has 0 aliphatic heterocycles. The SMILES string of the molecule is C=C[C@@H](C)[C@H]1CC[C@H]2[C@@H]3CC[C@@H]4C[C@H](OCCCC)CC[C@]4(C)[C@H]3C[C@H](OCCCC)[C@]12C. The summed E-state index contributed by atoms with van der Waals surface area (Å²) in [6.07, 6.45) is 19.0. The summed E-state index contributed by atoms with van der Waals surface area (Å²) < 4.78 is 13.2. The zero-order chi connectivity index (χ0) is 23.6. The van der Waals surface area contributed by atoms with Crippen molar-refractivity contribution in [2.45, 2.75) is 124 Å². The van der Waals surface area contributed by atoms with Crippen molar-refractivity contribution in [2.24, 2.45) is 46.3 Å². The van der Waals surface area contributed by atoms with Crippen LogP contribution in [0.1, 0.15) is 112 Å². The van der Waals surface area contributed by atoms with Gasteiger partial charge in [-0.1, -0.05) is 53.5 Å². The highest BCUT2D eigenvalue weighted by Gasteiger charge is 2.64. The lowest BCUT2D eigenvalue weighted by atomic mass is 9.43. The fraction of sp³-hybridized carbons (Fsp3) is 0.935. The third-order valence-electron chi connectivity index (χ3n) is 11.4. The molecular weight excluding hydrogens is 404 g/mol. The first-order chi connectivity index (χ1) is 15.9. The molecule has 33 heavy (non-hydrogen) atoms. The van der Waals surface area contributed by atoms with Crippen LogP contribution in [0.2, 0.25) is 0 Å². The molecular formula is C31H54O2. The van der Waals surface area contributed by atoms with E-state index in [1.807, 2.05) is 0 Å². The molecule has 0 spiro atoms. The van der Waals surface area contributed by atoms with Crippen molar-refractivity contribution < 1.29 is 9.47 Å². The molecule has 0 saturated heterocycles. The molecule has 190 valence electrons. The van der Waals surface area contributed by atoms with Crippen molar-refractivity contribution in [1.29, 1.82) is 0 Å². The van der Waals surface area contributed by atoms with E-state index in [1.54, 1.807) is 0 Å². The maximum atomic E-state index is 6.87. The highest BCUT2D eigenvalue weighted by Crippen LogP contribution is 2.68. The van der Waals surface area contributed by atoms with Gasteiger partial charge in [-0.15, -0.1) is 6.58 Å². The zero-order valence-corrected chi connectivity index (χ0v) is 22.6. The topological polar surface area (TPSA) is 18.5 Å². The second-order valence-corrected chi connectivity index (χ2v) is 12.9. The van der Waals surface area contributed by atoms with E-state index < -0.39 is 0 Å². The Morgan fingerprint density at radius 1 is 0.909 bits per heavy atom. The lowest BCUT2D eigenvalue weighted by Crippen LogP contribution is -2.59. The standard InChI is InChI=1S/C31H54O2/c1-7-10-18-32-24-16-17-30(5)23(20-24)12-13-25-27-15-14-26(22(4)9-3)31(27,6)29(21-28(25)30)33-19-11-8-2/h9,22-29H,3,7-8,10-21H2,1-2,4-6H3/t22-,23-,24-,25+,26-,27+,28+,29+,30+,31-/m1/s1. The van der Waals surface area contributed by atoms with Crippen molar-refractivity contribution >= 4 is 0 Å². The minimum Gasteiger partial charge on any atom is -0.378 e. The average molecular weight is 459 g/mol. The minimum absolute atomic E-state index is 0.326. The number of allylic oxidation sites excluding steroid dienone is 1. The van der Waals surface area contributed by atoms with E-state index in [-0.39, 0.29) is 0 Å². The molecule has 4 aliphatic rings. The van der Waals surface area contributed by atoms with Crippen LogP contribution in [0.5, 0.6) is 0 Å². The Morgan fingerprint density at radius 3 is 2.33 bits per heavy atom. The van der Waals surface area contributed by atoms with E-state index in [2.05, 4.69) is 47.3 Å².